The largest absolute Gasteiger partial charge is 0.364 e. The van der Waals surface area contributed by atoms with E-state index in [1.165, 1.54) is 25.0 Å². The van der Waals surface area contributed by atoms with Gasteiger partial charge in [0.05, 0.1) is 6.10 Å². The Morgan fingerprint density at radius 1 is 1.33 bits per heavy atom. The molecule has 1 aliphatic rings. The Bertz CT molecular complexity index is 239. The molecule has 1 fully saturated rings. The Balaban J connectivity index is 1.97. The molecular weight excluding hydrogens is 248 g/mol. The summed E-state index contributed by atoms with van der Waals surface area (Å²) in [5.41, 5.74) is 5.52. The lowest BCUT2D eigenvalue weighted by Crippen LogP contribution is -2.36. The van der Waals surface area contributed by atoms with Gasteiger partial charge in [-0.3, -0.25) is 4.79 Å². The number of rotatable bonds is 9. The lowest BCUT2D eigenvalue weighted by molar-refractivity contribution is -0.131. The molecule has 0 aromatic rings. The van der Waals surface area contributed by atoms with Gasteiger partial charge < -0.3 is 15.8 Å². The quantitative estimate of drug-likeness (QED) is 0.626. The maximum Gasteiger partial charge on any atom is 0.249 e. The maximum absolute atomic E-state index is 11.8. The van der Waals surface area contributed by atoms with Gasteiger partial charge in [0.1, 0.15) is 6.10 Å². The van der Waals surface area contributed by atoms with E-state index in [1.807, 2.05) is 11.8 Å². The van der Waals surface area contributed by atoms with Gasteiger partial charge >= 0.3 is 0 Å². The molecule has 106 valence electrons. The molecule has 0 aromatic heterocycles. The van der Waals surface area contributed by atoms with E-state index in [0.717, 1.165) is 25.8 Å². The third kappa shape index (κ3) is 6.07. The molecule has 0 bridgehead atoms. The lowest BCUT2D eigenvalue weighted by Gasteiger charge is -2.12. The second-order valence-electron chi connectivity index (χ2n) is 4.76. The van der Waals surface area contributed by atoms with Crippen LogP contribution in [0.25, 0.3) is 0 Å². The number of carbonyl (C=O) groups excluding carboxylic acids is 1. The van der Waals surface area contributed by atoms with E-state index in [9.17, 15) is 4.79 Å². The van der Waals surface area contributed by atoms with Crippen molar-refractivity contribution in [3.63, 3.8) is 0 Å². The van der Waals surface area contributed by atoms with Crippen LogP contribution in [0.15, 0.2) is 0 Å². The molecule has 3 N–H and O–H groups in total. The summed E-state index contributed by atoms with van der Waals surface area (Å²) in [5.74, 6) is 1.28. The Hall–Kier alpha value is -0.260. The van der Waals surface area contributed by atoms with Gasteiger partial charge in [-0.25, -0.2) is 0 Å². The zero-order valence-electron chi connectivity index (χ0n) is 11.3. The van der Waals surface area contributed by atoms with Crippen molar-refractivity contribution in [1.29, 1.82) is 0 Å². The number of thioether (sulfide) groups is 1. The molecule has 1 amide bonds. The van der Waals surface area contributed by atoms with Crippen LogP contribution in [0.3, 0.4) is 0 Å². The Labute approximate surface area is 114 Å². The van der Waals surface area contributed by atoms with E-state index in [2.05, 4.69) is 11.6 Å². The van der Waals surface area contributed by atoms with Crippen molar-refractivity contribution in [1.82, 2.24) is 5.32 Å². The molecule has 1 saturated heterocycles. The van der Waals surface area contributed by atoms with Gasteiger partial charge in [0.25, 0.3) is 0 Å². The maximum atomic E-state index is 11.8. The highest BCUT2D eigenvalue weighted by Crippen LogP contribution is 2.18. The van der Waals surface area contributed by atoms with Crippen LogP contribution in [0.1, 0.15) is 38.5 Å². The Kier molecular flexibility index (Phi) is 8.46. The van der Waals surface area contributed by atoms with Crippen LogP contribution in [-0.2, 0) is 9.53 Å². The molecular formula is C13H26N2O2S. The Morgan fingerprint density at radius 3 is 2.78 bits per heavy atom. The highest BCUT2D eigenvalue weighted by molar-refractivity contribution is 7.98. The van der Waals surface area contributed by atoms with Gasteiger partial charge in [0.2, 0.25) is 5.91 Å². The topological polar surface area (TPSA) is 64.4 Å². The second kappa shape index (κ2) is 9.64. The summed E-state index contributed by atoms with van der Waals surface area (Å²) in [6.45, 7) is 1.28. The van der Waals surface area contributed by atoms with Crippen molar-refractivity contribution in [3.05, 3.63) is 0 Å². The highest BCUT2D eigenvalue weighted by atomic mass is 32.2. The fraction of sp³-hybridized carbons (Fsp3) is 0.923. The van der Waals surface area contributed by atoms with Gasteiger partial charge in [0, 0.05) is 13.1 Å². The molecule has 4 nitrogen and oxygen atoms in total. The summed E-state index contributed by atoms with van der Waals surface area (Å²) in [4.78, 5) is 11.8. The van der Waals surface area contributed by atoms with E-state index < -0.39 is 0 Å². The first-order valence-electron chi connectivity index (χ1n) is 6.90. The molecule has 1 rings (SSSR count). The predicted octanol–water partition coefficient (Wildman–Crippen LogP) is 1.53. The molecule has 5 heteroatoms. The van der Waals surface area contributed by atoms with Gasteiger partial charge in [0.15, 0.2) is 0 Å². The van der Waals surface area contributed by atoms with Crippen LogP contribution >= 0.6 is 11.8 Å². The molecule has 0 aromatic carbocycles. The molecule has 1 aliphatic heterocycles. The number of nitrogens with two attached hydrogens (primary N) is 1. The van der Waals surface area contributed by atoms with Crippen LogP contribution in [0, 0.1) is 0 Å². The minimum absolute atomic E-state index is 0.0371. The monoisotopic (exact) mass is 274 g/mol. The first kappa shape index (κ1) is 15.8. The number of nitrogens with one attached hydrogen (secondary N) is 1. The molecule has 0 saturated carbocycles. The van der Waals surface area contributed by atoms with E-state index in [-0.39, 0.29) is 18.1 Å². The van der Waals surface area contributed by atoms with Crippen molar-refractivity contribution in [2.75, 3.05) is 25.1 Å². The van der Waals surface area contributed by atoms with Gasteiger partial charge in [-0.15, -0.1) is 0 Å². The summed E-state index contributed by atoms with van der Waals surface area (Å²) < 4.78 is 5.54. The zero-order valence-corrected chi connectivity index (χ0v) is 12.1. The molecule has 0 spiro atoms. The summed E-state index contributed by atoms with van der Waals surface area (Å²) in [7, 11) is 0. The number of carbonyl (C=O) groups is 1. The number of amides is 1. The average molecular weight is 274 g/mol. The fourth-order valence-electron chi connectivity index (χ4n) is 2.12. The van der Waals surface area contributed by atoms with Crippen molar-refractivity contribution in [3.8, 4) is 0 Å². The third-order valence-corrected chi connectivity index (χ3v) is 3.93. The van der Waals surface area contributed by atoms with E-state index in [1.54, 1.807) is 0 Å². The zero-order chi connectivity index (χ0) is 13.2. The SMILES string of the molecule is CSCCCCCCNC(=O)C1CCC(CN)O1. The third-order valence-electron chi connectivity index (χ3n) is 3.24. The molecule has 2 unspecified atom stereocenters. The number of unbranched alkanes of at least 4 members (excludes halogenated alkanes) is 3. The van der Waals surface area contributed by atoms with E-state index in [0.29, 0.717) is 6.54 Å². The lowest BCUT2D eigenvalue weighted by atomic mass is 10.2. The number of ether oxygens (including phenoxy) is 1. The van der Waals surface area contributed by atoms with E-state index in [4.69, 9.17) is 10.5 Å². The van der Waals surface area contributed by atoms with Gasteiger partial charge in [-0.1, -0.05) is 12.8 Å². The minimum Gasteiger partial charge on any atom is -0.364 e. The normalized spacial score (nSPS) is 23.2. The van der Waals surface area contributed by atoms with E-state index >= 15 is 0 Å². The second-order valence-corrected chi connectivity index (χ2v) is 5.74. The Morgan fingerprint density at radius 2 is 2.11 bits per heavy atom. The standard InChI is InChI=1S/C13H26N2O2S/c1-18-9-5-3-2-4-8-15-13(16)12-7-6-11(10-14)17-12/h11-12H,2-10,14H2,1H3,(H,15,16). The van der Waals surface area contributed by atoms with Crippen LogP contribution in [-0.4, -0.2) is 43.2 Å². The minimum atomic E-state index is -0.268. The molecule has 1 heterocycles. The average Bonchev–Trinajstić information content (AvgIpc) is 2.86. The fourth-order valence-corrected chi connectivity index (χ4v) is 2.62. The van der Waals surface area contributed by atoms with Gasteiger partial charge in [-0.2, -0.15) is 11.8 Å². The van der Waals surface area contributed by atoms with Crippen LogP contribution in [0.4, 0.5) is 0 Å². The molecule has 0 radical (unpaired) electrons. The van der Waals surface area contributed by atoms with Crippen molar-refractivity contribution in [2.24, 2.45) is 5.73 Å². The smallest absolute Gasteiger partial charge is 0.249 e. The van der Waals surface area contributed by atoms with Crippen LogP contribution in [0.2, 0.25) is 0 Å². The molecule has 18 heavy (non-hydrogen) atoms. The molecule has 2 atom stereocenters. The first-order chi connectivity index (χ1) is 8.77. The number of hydrogen-bond acceptors (Lipinski definition) is 4. The van der Waals surface area contributed by atoms with Crippen molar-refractivity contribution >= 4 is 17.7 Å². The number of hydrogen-bond donors (Lipinski definition) is 2. The summed E-state index contributed by atoms with van der Waals surface area (Å²) >= 11 is 1.89. The highest BCUT2D eigenvalue weighted by Gasteiger charge is 2.29. The van der Waals surface area contributed by atoms with Crippen LogP contribution in [0.5, 0.6) is 0 Å². The first-order valence-corrected chi connectivity index (χ1v) is 8.29. The van der Waals surface area contributed by atoms with Crippen molar-refractivity contribution in [2.45, 2.75) is 50.7 Å². The summed E-state index contributed by atoms with van der Waals surface area (Å²) in [6.07, 6.45) is 8.44. The van der Waals surface area contributed by atoms with Crippen LogP contribution < -0.4 is 11.1 Å². The predicted molar refractivity (Wildman–Crippen MR) is 76.8 cm³/mol. The van der Waals surface area contributed by atoms with Gasteiger partial charge in [-0.05, 0) is 37.7 Å². The van der Waals surface area contributed by atoms with Crippen molar-refractivity contribution < 1.29 is 9.53 Å². The summed E-state index contributed by atoms with van der Waals surface area (Å²) in [5, 5.41) is 2.95. The molecule has 0 aliphatic carbocycles. The summed E-state index contributed by atoms with van der Waals surface area (Å²) in [6, 6.07) is 0.